The Morgan fingerprint density at radius 3 is 2.88 bits per heavy atom. The zero-order valence-corrected chi connectivity index (χ0v) is 15.2. The van der Waals surface area contributed by atoms with Gasteiger partial charge in [-0.25, -0.2) is 0 Å². The fourth-order valence-corrected chi connectivity index (χ4v) is 6.94. The Labute approximate surface area is 153 Å². The normalized spacial score (nSPS) is 45.2. The monoisotopic (exact) mass is 356 g/mol. The molecule has 0 amide bonds. The van der Waals surface area contributed by atoms with Crippen molar-refractivity contribution in [2.75, 3.05) is 20.1 Å². The summed E-state index contributed by atoms with van der Waals surface area (Å²) in [4.78, 5) is 12.8. The van der Waals surface area contributed by atoms with E-state index in [1.165, 1.54) is 12.8 Å². The first-order valence-electron chi connectivity index (χ1n) is 10.0. The van der Waals surface area contributed by atoms with Gasteiger partial charge in [-0.3, -0.25) is 4.79 Å². The van der Waals surface area contributed by atoms with Gasteiger partial charge in [-0.05, 0) is 30.9 Å². The third-order valence-electron chi connectivity index (χ3n) is 8.28. The molecule has 3 fully saturated rings. The number of hydrogen-bond acceptors (Lipinski definition) is 4. The lowest BCUT2D eigenvalue weighted by atomic mass is 9.48. The third-order valence-corrected chi connectivity index (χ3v) is 8.28. The quantitative estimate of drug-likeness (QED) is 0.791. The minimum absolute atomic E-state index is 0.0789. The number of Topliss-reactive ketones (excluding diaryl/α,β-unsaturated/α-hetero) is 1. The number of nitrogens with zero attached hydrogens (tertiary/aromatic N) is 1. The van der Waals surface area contributed by atoms with Gasteiger partial charge in [0.25, 0.3) is 0 Å². The van der Waals surface area contributed by atoms with Gasteiger partial charge in [-0.2, -0.15) is 0 Å². The number of phenolic OH excluding ortho intramolecular Hbond substituents is 1. The van der Waals surface area contributed by atoms with E-state index in [-0.39, 0.29) is 17.6 Å². The van der Waals surface area contributed by atoms with Crippen LogP contribution >= 0.6 is 0 Å². The highest BCUT2D eigenvalue weighted by Gasteiger charge is 2.76. The molecule has 5 nitrogen and oxygen atoms in total. The van der Waals surface area contributed by atoms with E-state index in [1.807, 2.05) is 6.07 Å². The maximum Gasteiger partial charge on any atom is 0.174 e. The zero-order chi connectivity index (χ0) is 17.9. The molecule has 1 aromatic carbocycles. The molecule has 2 unspecified atom stereocenters. The summed E-state index contributed by atoms with van der Waals surface area (Å²) in [5, 5.41) is 22.5. The van der Waals surface area contributed by atoms with Crippen molar-refractivity contribution in [2.24, 2.45) is 5.92 Å². The first kappa shape index (κ1) is 15.5. The SMILES string of the molecule is C[N@@+]1(CC2CC2)CC[C@]23c4c5ccc(O)c4O[C@@H]2C(=O)CCC3(O)C1C5. The van der Waals surface area contributed by atoms with Gasteiger partial charge in [-0.15, -0.1) is 0 Å². The number of rotatable bonds is 2. The number of carbonyl (C=O) groups excluding carboxylic acids is 1. The van der Waals surface area contributed by atoms with Crippen LogP contribution in [0.25, 0.3) is 0 Å². The largest absolute Gasteiger partial charge is 0.504 e. The van der Waals surface area contributed by atoms with Crippen molar-refractivity contribution in [3.63, 3.8) is 0 Å². The molecule has 1 saturated heterocycles. The van der Waals surface area contributed by atoms with E-state index in [1.54, 1.807) is 6.07 Å². The molecule has 5 atom stereocenters. The lowest BCUT2D eigenvalue weighted by Gasteiger charge is -2.64. The molecule has 2 N–H and O–H groups in total. The molecule has 2 heterocycles. The summed E-state index contributed by atoms with van der Waals surface area (Å²) in [5.41, 5.74) is 0.492. The number of likely N-dealkylation sites (N-methyl/N-ethyl adjacent to an activating group) is 1. The number of quaternary nitrogens is 1. The number of ketones is 1. The lowest BCUT2D eigenvalue weighted by Crippen LogP contribution is -2.80. The molecular weight excluding hydrogens is 330 g/mol. The number of likely N-dealkylation sites (tertiary alicyclic amines) is 1. The van der Waals surface area contributed by atoms with E-state index in [0.717, 1.165) is 47.5 Å². The van der Waals surface area contributed by atoms with Gasteiger partial charge in [0.05, 0.1) is 25.6 Å². The number of aliphatic hydroxyl groups is 1. The van der Waals surface area contributed by atoms with Crippen LogP contribution in [0.2, 0.25) is 0 Å². The van der Waals surface area contributed by atoms with Gasteiger partial charge >= 0.3 is 0 Å². The number of phenols is 1. The summed E-state index contributed by atoms with van der Waals surface area (Å²) in [5.74, 6) is 1.42. The molecule has 2 bridgehead atoms. The van der Waals surface area contributed by atoms with Gasteiger partial charge < -0.3 is 19.4 Å². The standard InChI is InChI=1S/C21H25NO4/c1-22(11-12-2-3-12)9-8-20-17-13-4-5-14(23)18(17)26-19(20)15(24)6-7-21(20,25)16(22)10-13/h4-5,12,16,19,25H,2-3,6-11H2,1H3/p+1/t16?,19-,20+,21?,22+/m1/s1. The van der Waals surface area contributed by atoms with E-state index in [9.17, 15) is 15.0 Å². The summed E-state index contributed by atoms with van der Waals surface area (Å²) in [6.07, 6.45) is 4.42. The van der Waals surface area contributed by atoms with Crippen LogP contribution in [-0.4, -0.2) is 58.4 Å². The molecule has 3 aliphatic carbocycles. The second-order valence-electron chi connectivity index (χ2n) is 9.61. The molecule has 5 aliphatic rings. The van der Waals surface area contributed by atoms with Crippen molar-refractivity contribution in [2.45, 2.75) is 61.7 Å². The summed E-state index contributed by atoms with van der Waals surface area (Å²) in [6, 6.07) is 3.77. The molecule has 1 aromatic rings. The predicted octanol–water partition coefficient (Wildman–Crippen LogP) is 1.67. The minimum Gasteiger partial charge on any atom is -0.504 e. The highest BCUT2D eigenvalue weighted by molar-refractivity contribution is 5.90. The zero-order valence-electron chi connectivity index (χ0n) is 15.2. The average molecular weight is 356 g/mol. The van der Waals surface area contributed by atoms with Crippen LogP contribution in [0.1, 0.15) is 43.2 Å². The van der Waals surface area contributed by atoms with Gasteiger partial charge in [0.1, 0.15) is 11.6 Å². The Bertz CT molecular complexity index is 849. The molecule has 5 heteroatoms. The summed E-state index contributed by atoms with van der Waals surface area (Å²) in [6.45, 7) is 2.09. The van der Waals surface area contributed by atoms with Gasteiger partial charge in [0.15, 0.2) is 23.4 Å². The van der Waals surface area contributed by atoms with Crippen molar-refractivity contribution in [1.82, 2.24) is 0 Å². The summed E-state index contributed by atoms with van der Waals surface area (Å²) in [7, 11) is 2.31. The number of carbonyl (C=O) groups is 1. The summed E-state index contributed by atoms with van der Waals surface area (Å²) < 4.78 is 6.98. The van der Waals surface area contributed by atoms with Crippen LogP contribution in [0.4, 0.5) is 0 Å². The molecule has 138 valence electrons. The van der Waals surface area contributed by atoms with E-state index in [4.69, 9.17) is 4.74 Å². The Hall–Kier alpha value is -1.59. The van der Waals surface area contributed by atoms with Crippen LogP contribution in [0.5, 0.6) is 11.5 Å². The maximum atomic E-state index is 12.8. The topological polar surface area (TPSA) is 66.8 Å². The van der Waals surface area contributed by atoms with Gasteiger partial charge in [0, 0.05) is 30.7 Å². The molecular formula is C21H26NO4+. The average Bonchev–Trinajstić information content (AvgIpc) is 3.32. The van der Waals surface area contributed by atoms with Crippen LogP contribution in [-0.2, 0) is 16.6 Å². The Kier molecular flexibility index (Phi) is 2.65. The van der Waals surface area contributed by atoms with Crippen molar-refractivity contribution in [3.05, 3.63) is 23.3 Å². The van der Waals surface area contributed by atoms with Gasteiger partial charge in [0.2, 0.25) is 0 Å². The van der Waals surface area contributed by atoms with Gasteiger partial charge in [-0.1, -0.05) is 6.07 Å². The maximum absolute atomic E-state index is 12.8. The van der Waals surface area contributed by atoms with E-state index >= 15 is 0 Å². The highest BCUT2D eigenvalue weighted by Crippen LogP contribution is 2.65. The number of piperidine rings is 1. The predicted molar refractivity (Wildman–Crippen MR) is 94.1 cm³/mol. The Morgan fingerprint density at radius 2 is 2.12 bits per heavy atom. The number of benzene rings is 1. The molecule has 26 heavy (non-hydrogen) atoms. The first-order valence-corrected chi connectivity index (χ1v) is 10.0. The van der Waals surface area contributed by atoms with E-state index in [2.05, 4.69) is 7.05 Å². The van der Waals surface area contributed by atoms with Crippen LogP contribution < -0.4 is 4.74 Å². The van der Waals surface area contributed by atoms with E-state index in [0.29, 0.717) is 18.6 Å². The molecule has 2 aliphatic heterocycles. The number of aromatic hydroxyl groups is 1. The third kappa shape index (κ3) is 1.55. The van der Waals surface area contributed by atoms with Crippen LogP contribution in [0.3, 0.4) is 0 Å². The second-order valence-corrected chi connectivity index (χ2v) is 9.61. The molecule has 2 saturated carbocycles. The Morgan fingerprint density at radius 1 is 1.31 bits per heavy atom. The summed E-state index contributed by atoms with van der Waals surface area (Å²) >= 11 is 0. The lowest BCUT2D eigenvalue weighted by molar-refractivity contribution is -0.950. The molecule has 6 rings (SSSR count). The van der Waals surface area contributed by atoms with Crippen LogP contribution in [0, 0.1) is 5.92 Å². The highest BCUT2D eigenvalue weighted by atomic mass is 16.5. The van der Waals surface area contributed by atoms with Crippen molar-refractivity contribution in [3.8, 4) is 11.5 Å². The molecule has 0 aromatic heterocycles. The van der Waals surface area contributed by atoms with Crippen LogP contribution in [0.15, 0.2) is 12.1 Å². The van der Waals surface area contributed by atoms with Crippen molar-refractivity contribution < 1.29 is 24.2 Å². The molecule has 1 spiro atoms. The fourth-order valence-electron chi connectivity index (χ4n) is 6.94. The van der Waals surface area contributed by atoms with Crippen molar-refractivity contribution >= 4 is 5.78 Å². The second kappa shape index (κ2) is 4.45. The fraction of sp³-hybridized carbons (Fsp3) is 0.667. The molecule has 0 radical (unpaired) electrons. The Balaban J connectivity index is 1.60. The number of hydrogen-bond donors (Lipinski definition) is 2. The van der Waals surface area contributed by atoms with E-state index < -0.39 is 17.1 Å². The first-order chi connectivity index (χ1) is 12.4. The van der Waals surface area contributed by atoms with Crippen molar-refractivity contribution in [1.29, 1.82) is 0 Å². The smallest absolute Gasteiger partial charge is 0.174 e. The minimum atomic E-state index is -0.931. The number of ether oxygens (including phenoxy) is 1.